The number of hydrogen-bond donors (Lipinski definition) is 0. The van der Waals surface area contributed by atoms with E-state index in [1.807, 2.05) is 11.8 Å². The Morgan fingerprint density at radius 2 is 1.92 bits per heavy atom. The van der Waals surface area contributed by atoms with Crippen LogP contribution < -0.4 is 4.90 Å². The highest BCUT2D eigenvalue weighted by Gasteiger charge is 2.31. The van der Waals surface area contributed by atoms with Crippen molar-refractivity contribution in [3.8, 4) is 0 Å². The molecule has 0 N–H and O–H groups in total. The molecule has 1 saturated heterocycles. The summed E-state index contributed by atoms with van der Waals surface area (Å²) in [5, 5.41) is 3.91. The summed E-state index contributed by atoms with van der Waals surface area (Å²) in [6, 6.07) is 2.38. The quantitative estimate of drug-likeness (QED) is 0.834. The molecule has 0 radical (unpaired) electrons. The molecule has 1 fully saturated rings. The van der Waals surface area contributed by atoms with Crippen molar-refractivity contribution in [2.24, 2.45) is 0 Å². The second-order valence-corrected chi connectivity index (χ2v) is 6.10. The maximum Gasteiger partial charge on any atom is 0.417 e. The Morgan fingerprint density at radius 1 is 1.23 bits per heavy atom. The molecule has 0 aliphatic carbocycles. The van der Waals surface area contributed by atoms with Gasteiger partial charge in [0.2, 0.25) is 0 Å². The second-order valence-electron chi connectivity index (χ2n) is 6.10. The molecule has 1 amide bonds. The van der Waals surface area contributed by atoms with Crippen LogP contribution in [0.3, 0.4) is 0 Å². The number of pyridine rings is 1. The highest BCUT2D eigenvalue weighted by atomic mass is 19.4. The number of hydrogen-bond acceptors (Lipinski definition) is 5. The van der Waals surface area contributed by atoms with Gasteiger partial charge in [-0.1, -0.05) is 12.1 Å². The van der Waals surface area contributed by atoms with Gasteiger partial charge in [0.25, 0.3) is 5.91 Å². The third-order valence-corrected chi connectivity index (χ3v) is 4.45. The molecule has 1 aliphatic heterocycles. The molecule has 0 atom stereocenters. The monoisotopic (exact) mass is 368 g/mol. The molecule has 26 heavy (non-hydrogen) atoms. The molecule has 0 spiro atoms. The number of anilines is 1. The molecule has 2 aromatic rings. The number of halogens is 3. The largest absolute Gasteiger partial charge is 0.417 e. The van der Waals surface area contributed by atoms with Gasteiger partial charge in [0.15, 0.2) is 0 Å². The van der Waals surface area contributed by atoms with Gasteiger partial charge in [-0.25, -0.2) is 4.98 Å². The maximum atomic E-state index is 12.7. The van der Waals surface area contributed by atoms with Gasteiger partial charge in [0, 0.05) is 32.4 Å². The van der Waals surface area contributed by atoms with Gasteiger partial charge in [0.1, 0.15) is 17.1 Å². The SMILES string of the molecule is CCc1noc(C)c1C(=O)N1CCN(c2ccc(C(F)(F)F)cn2)CC1. The van der Waals surface area contributed by atoms with Crippen molar-refractivity contribution in [1.82, 2.24) is 15.0 Å². The molecule has 0 bridgehead atoms. The first-order valence-electron chi connectivity index (χ1n) is 8.34. The van der Waals surface area contributed by atoms with Crippen LogP contribution in [0, 0.1) is 6.92 Å². The lowest BCUT2D eigenvalue weighted by Crippen LogP contribution is -2.49. The van der Waals surface area contributed by atoms with Gasteiger partial charge in [0.05, 0.1) is 11.3 Å². The van der Waals surface area contributed by atoms with E-state index in [0.717, 1.165) is 12.3 Å². The van der Waals surface area contributed by atoms with Crippen molar-refractivity contribution in [2.75, 3.05) is 31.1 Å². The first-order valence-corrected chi connectivity index (χ1v) is 8.34. The van der Waals surface area contributed by atoms with E-state index in [-0.39, 0.29) is 5.91 Å². The zero-order valence-electron chi connectivity index (χ0n) is 14.5. The van der Waals surface area contributed by atoms with Crippen molar-refractivity contribution < 1.29 is 22.5 Å². The van der Waals surface area contributed by atoms with Crippen LogP contribution in [0.15, 0.2) is 22.9 Å². The second kappa shape index (κ2) is 6.97. The Hall–Kier alpha value is -2.58. The fourth-order valence-corrected chi connectivity index (χ4v) is 2.97. The van der Waals surface area contributed by atoms with E-state index in [1.165, 1.54) is 6.07 Å². The zero-order chi connectivity index (χ0) is 18.9. The highest BCUT2D eigenvalue weighted by Crippen LogP contribution is 2.29. The summed E-state index contributed by atoms with van der Waals surface area (Å²) in [7, 11) is 0. The smallest absolute Gasteiger partial charge is 0.361 e. The number of carbonyl (C=O) groups is 1. The van der Waals surface area contributed by atoms with Gasteiger partial charge in [-0.2, -0.15) is 13.2 Å². The van der Waals surface area contributed by atoms with Crippen LogP contribution in [0.1, 0.15) is 34.3 Å². The summed E-state index contributed by atoms with van der Waals surface area (Å²) in [5.74, 6) is 0.847. The number of alkyl halides is 3. The van der Waals surface area contributed by atoms with Crippen LogP contribution in [0.25, 0.3) is 0 Å². The van der Waals surface area contributed by atoms with Crippen LogP contribution in [0.2, 0.25) is 0 Å². The Labute approximate surface area is 148 Å². The summed E-state index contributed by atoms with van der Waals surface area (Å²) in [4.78, 5) is 20.2. The van der Waals surface area contributed by atoms with Gasteiger partial charge in [-0.3, -0.25) is 4.79 Å². The van der Waals surface area contributed by atoms with Crippen molar-refractivity contribution in [3.05, 3.63) is 40.9 Å². The highest BCUT2D eigenvalue weighted by molar-refractivity contribution is 5.96. The fraction of sp³-hybridized carbons (Fsp3) is 0.471. The van der Waals surface area contributed by atoms with Crippen molar-refractivity contribution in [3.63, 3.8) is 0 Å². The average molecular weight is 368 g/mol. The molecule has 3 rings (SSSR count). The van der Waals surface area contributed by atoms with E-state index in [2.05, 4.69) is 10.1 Å². The Morgan fingerprint density at radius 3 is 2.46 bits per heavy atom. The van der Waals surface area contributed by atoms with Crippen molar-refractivity contribution in [1.29, 1.82) is 0 Å². The minimum atomic E-state index is -4.40. The maximum absolute atomic E-state index is 12.7. The lowest BCUT2D eigenvalue weighted by Gasteiger charge is -2.35. The predicted octanol–water partition coefficient (Wildman–Crippen LogP) is 2.92. The summed E-state index contributed by atoms with van der Waals surface area (Å²) in [6.45, 7) is 5.51. The van der Waals surface area contributed by atoms with Gasteiger partial charge in [-0.15, -0.1) is 0 Å². The number of carbonyl (C=O) groups excluding carboxylic acids is 1. The van der Waals surface area contributed by atoms with Crippen LogP contribution in [-0.4, -0.2) is 47.1 Å². The first-order chi connectivity index (χ1) is 12.3. The summed E-state index contributed by atoms with van der Waals surface area (Å²) in [5.41, 5.74) is 0.373. The number of piperazine rings is 1. The first kappa shape index (κ1) is 18.2. The molecule has 0 saturated carbocycles. The number of nitrogens with zero attached hydrogens (tertiary/aromatic N) is 4. The summed E-state index contributed by atoms with van der Waals surface area (Å²) >= 11 is 0. The predicted molar refractivity (Wildman–Crippen MR) is 88.0 cm³/mol. The van der Waals surface area contributed by atoms with Gasteiger partial charge >= 0.3 is 6.18 Å². The van der Waals surface area contributed by atoms with E-state index < -0.39 is 11.7 Å². The minimum absolute atomic E-state index is 0.124. The molecular weight excluding hydrogens is 349 g/mol. The van der Waals surface area contributed by atoms with E-state index >= 15 is 0 Å². The van der Waals surface area contributed by atoms with E-state index in [1.54, 1.807) is 11.8 Å². The van der Waals surface area contributed by atoms with E-state index in [9.17, 15) is 18.0 Å². The molecule has 3 heterocycles. The normalized spacial score (nSPS) is 15.4. The van der Waals surface area contributed by atoms with Crippen LogP contribution >= 0.6 is 0 Å². The Balaban J connectivity index is 1.66. The molecule has 9 heteroatoms. The third kappa shape index (κ3) is 3.51. The zero-order valence-corrected chi connectivity index (χ0v) is 14.5. The third-order valence-electron chi connectivity index (χ3n) is 4.45. The summed E-state index contributed by atoms with van der Waals surface area (Å²) in [6.07, 6.45) is -2.96. The van der Waals surface area contributed by atoms with Crippen molar-refractivity contribution >= 4 is 11.7 Å². The fourth-order valence-electron chi connectivity index (χ4n) is 2.97. The average Bonchev–Trinajstić information content (AvgIpc) is 3.01. The standard InChI is InChI=1S/C17H19F3N4O2/c1-3-13-15(11(2)26-22-13)16(25)24-8-6-23(7-9-24)14-5-4-12(10-21-14)17(18,19)20/h4-5,10H,3,6-9H2,1-2H3. The molecule has 2 aromatic heterocycles. The Kier molecular flexibility index (Phi) is 4.88. The number of aromatic nitrogens is 2. The molecule has 0 unspecified atom stereocenters. The number of rotatable bonds is 3. The molecule has 6 nitrogen and oxygen atoms in total. The van der Waals surface area contributed by atoms with Crippen LogP contribution in [0.5, 0.6) is 0 Å². The lowest BCUT2D eigenvalue weighted by atomic mass is 10.1. The molecule has 0 aromatic carbocycles. The molecular formula is C17H19F3N4O2. The summed E-state index contributed by atoms with van der Waals surface area (Å²) < 4.78 is 43.0. The van der Waals surface area contributed by atoms with Gasteiger partial charge < -0.3 is 14.3 Å². The van der Waals surface area contributed by atoms with Crippen LogP contribution in [0.4, 0.5) is 19.0 Å². The number of amides is 1. The molecule has 1 aliphatic rings. The van der Waals surface area contributed by atoms with E-state index in [4.69, 9.17) is 4.52 Å². The Bertz CT molecular complexity index is 778. The van der Waals surface area contributed by atoms with Crippen LogP contribution in [-0.2, 0) is 12.6 Å². The lowest BCUT2D eigenvalue weighted by molar-refractivity contribution is -0.137. The number of aryl methyl sites for hydroxylation is 2. The molecule has 140 valence electrons. The van der Waals surface area contributed by atoms with E-state index in [0.29, 0.717) is 55.4 Å². The topological polar surface area (TPSA) is 62.5 Å². The van der Waals surface area contributed by atoms with Gasteiger partial charge in [-0.05, 0) is 25.5 Å². The minimum Gasteiger partial charge on any atom is -0.361 e. The van der Waals surface area contributed by atoms with Crippen molar-refractivity contribution in [2.45, 2.75) is 26.4 Å².